The zero-order valence-electron chi connectivity index (χ0n) is 13.1. The van der Waals surface area contributed by atoms with Crippen LogP contribution in [0.1, 0.15) is 0 Å². The van der Waals surface area contributed by atoms with Crippen molar-refractivity contribution in [2.24, 2.45) is 0 Å². The molecule has 0 amide bonds. The van der Waals surface area contributed by atoms with Gasteiger partial charge in [0.25, 0.3) is 5.69 Å². The number of non-ortho nitro benzene ring substituents is 1. The van der Waals surface area contributed by atoms with E-state index in [4.69, 9.17) is 14.2 Å². The fourth-order valence-electron chi connectivity index (χ4n) is 2.32. The number of nitro groups is 1. The minimum atomic E-state index is -0.457. The molecule has 0 unspecified atom stereocenters. The molecule has 0 fully saturated rings. The van der Waals surface area contributed by atoms with Gasteiger partial charge in [0.1, 0.15) is 23.0 Å². The first-order valence-electron chi connectivity index (χ1n) is 7.05. The highest BCUT2D eigenvalue weighted by Gasteiger charge is 2.13. The minimum absolute atomic E-state index is 0.00394. The van der Waals surface area contributed by atoms with E-state index in [9.17, 15) is 10.1 Å². The van der Waals surface area contributed by atoms with Gasteiger partial charge in [0.15, 0.2) is 0 Å². The topological polar surface area (TPSA) is 83.7 Å². The van der Waals surface area contributed by atoms with Gasteiger partial charge in [0.05, 0.1) is 30.0 Å². The lowest BCUT2D eigenvalue weighted by Gasteiger charge is -2.12. The first-order chi connectivity index (χ1) is 11.6. The van der Waals surface area contributed by atoms with Crippen LogP contribution in [0.4, 0.5) is 5.69 Å². The zero-order valence-corrected chi connectivity index (χ0v) is 13.1. The van der Waals surface area contributed by atoms with Gasteiger partial charge < -0.3 is 14.2 Å². The Hall–Kier alpha value is -3.35. The van der Waals surface area contributed by atoms with Crippen molar-refractivity contribution in [2.45, 2.75) is 0 Å². The summed E-state index contributed by atoms with van der Waals surface area (Å²) >= 11 is 0. The van der Waals surface area contributed by atoms with Gasteiger partial charge in [-0.1, -0.05) is 0 Å². The molecule has 0 radical (unpaired) electrons. The van der Waals surface area contributed by atoms with E-state index >= 15 is 0 Å². The van der Waals surface area contributed by atoms with E-state index in [0.29, 0.717) is 33.9 Å². The fraction of sp³-hybridized carbons (Fsp3) is 0.118. The molecule has 7 heteroatoms. The number of rotatable bonds is 5. The number of fused-ring (bicyclic) bond motifs is 1. The Kier molecular flexibility index (Phi) is 4.15. The van der Waals surface area contributed by atoms with E-state index in [1.165, 1.54) is 12.1 Å². The Bertz CT molecular complexity index is 893. The van der Waals surface area contributed by atoms with Crippen molar-refractivity contribution in [3.05, 3.63) is 58.8 Å². The molecule has 0 saturated carbocycles. The Labute approximate surface area is 137 Å². The third kappa shape index (κ3) is 2.91. The molecule has 7 nitrogen and oxygen atoms in total. The Morgan fingerprint density at radius 2 is 1.71 bits per heavy atom. The van der Waals surface area contributed by atoms with Crippen LogP contribution in [0.3, 0.4) is 0 Å². The highest BCUT2D eigenvalue weighted by molar-refractivity contribution is 5.92. The van der Waals surface area contributed by atoms with Crippen LogP contribution in [-0.4, -0.2) is 24.1 Å². The number of nitrogens with zero attached hydrogens (tertiary/aromatic N) is 2. The highest BCUT2D eigenvalue weighted by atomic mass is 16.6. The molecule has 0 aliphatic heterocycles. The molecule has 0 atom stereocenters. The summed E-state index contributed by atoms with van der Waals surface area (Å²) in [6, 6.07) is 11.1. The minimum Gasteiger partial charge on any atom is -0.497 e. The molecule has 1 aromatic heterocycles. The van der Waals surface area contributed by atoms with Gasteiger partial charge in [-0.15, -0.1) is 0 Å². The number of pyridine rings is 1. The molecule has 0 saturated heterocycles. The second-order valence-electron chi connectivity index (χ2n) is 4.89. The third-order valence-corrected chi connectivity index (χ3v) is 3.47. The second kappa shape index (κ2) is 6.41. The molecule has 0 aliphatic rings. The lowest BCUT2D eigenvalue weighted by atomic mass is 10.1. The molecule has 122 valence electrons. The van der Waals surface area contributed by atoms with Crippen LogP contribution in [0, 0.1) is 10.1 Å². The van der Waals surface area contributed by atoms with Crippen LogP contribution < -0.4 is 14.2 Å². The zero-order chi connectivity index (χ0) is 17.1. The van der Waals surface area contributed by atoms with Gasteiger partial charge in [0.2, 0.25) is 0 Å². The molecule has 24 heavy (non-hydrogen) atoms. The molecule has 0 bridgehead atoms. The van der Waals surface area contributed by atoms with Crippen molar-refractivity contribution in [3.63, 3.8) is 0 Å². The van der Waals surface area contributed by atoms with Gasteiger partial charge in [0, 0.05) is 30.5 Å². The monoisotopic (exact) mass is 326 g/mol. The lowest BCUT2D eigenvalue weighted by Crippen LogP contribution is -1.94. The second-order valence-corrected chi connectivity index (χ2v) is 4.89. The summed E-state index contributed by atoms with van der Waals surface area (Å²) in [4.78, 5) is 14.6. The molecule has 3 rings (SSSR count). The van der Waals surface area contributed by atoms with Crippen molar-refractivity contribution in [2.75, 3.05) is 14.2 Å². The van der Waals surface area contributed by atoms with E-state index in [2.05, 4.69) is 4.98 Å². The van der Waals surface area contributed by atoms with Crippen LogP contribution in [-0.2, 0) is 0 Å². The molecular formula is C17H14N2O5. The maximum Gasteiger partial charge on any atom is 0.269 e. The summed E-state index contributed by atoms with van der Waals surface area (Å²) in [5.41, 5.74) is 0.662. The average molecular weight is 326 g/mol. The summed E-state index contributed by atoms with van der Waals surface area (Å²) in [6.07, 6.45) is 1.61. The van der Waals surface area contributed by atoms with Crippen molar-refractivity contribution >= 4 is 16.6 Å². The first-order valence-corrected chi connectivity index (χ1v) is 7.05. The summed E-state index contributed by atoms with van der Waals surface area (Å²) in [6.45, 7) is 0. The van der Waals surface area contributed by atoms with Crippen LogP contribution >= 0.6 is 0 Å². The summed E-state index contributed by atoms with van der Waals surface area (Å²) in [7, 11) is 3.12. The molecule has 0 N–H and O–H groups in total. The van der Waals surface area contributed by atoms with Crippen molar-refractivity contribution in [1.82, 2.24) is 4.98 Å². The van der Waals surface area contributed by atoms with E-state index in [1.54, 1.807) is 50.7 Å². The number of methoxy groups -OCH3 is 2. The summed E-state index contributed by atoms with van der Waals surface area (Å²) in [5, 5.41) is 11.4. The maximum atomic E-state index is 10.7. The van der Waals surface area contributed by atoms with Crippen molar-refractivity contribution < 1.29 is 19.1 Å². The van der Waals surface area contributed by atoms with Gasteiger partial charge in [-0.05, 0) is 18.2 Å². The van der Waals surface area contributed by atoms with Gasteiger partial charge >= 0.3 is 0 Å². The smallest absolute Gasteiger partial charge is 0.269 e. The molecule has 2 aromatic carbocycles. The van der Waals surface area contributed by atoms with Crippen LogP contribution in [0.5, 0.6) is 23.0 Å². The predicted molar refractivity (Wildman–Crippen MR) is 88.0 cm³/mol. The molecule has 1 heterocycles. The average Bonchev–Trinajstić information content (AvgIpc) is 2.61. The number of aromatic nitrogens is 1. The SMILES string of the molecule is COc1cc(OC)c2c(Oc3ccc([N+](=O)[O-])cc3)ccnc2c1. The highest BCUT2D eigenvalue weighted by Crippen LogP contribution is 2.38. The summed E-state index contributed by atoms with van der Waals surface area (Å²) < 4.78 is 16.5. The molecule has 0 aliphatic carbocycles. The largest absolute Gasteiger partial charge is 0.497 e. The quantitative estimate of drug-likeness (QED) is 0.521. The van der Waals surface area contributed by atoms with Crippen LogP contribution in [0.25, 0.3) is 10.9 Å². The molecular weight excluding hydrogens is 312 g/mol. The summed E-state index contributed by atoms with van der Waals surface area (Å²) in [5.74, 6) is 2.20. The normalized spacial score (nSPS) is 10.4. The molecule has 3 aromatic rings. The Balaban J connectivity index is 2.04. The number of benzene rings is 2. The van der Waals surface area contributed by atoms with Crippen LogP contribution in [0.15, 0.2) is 48.7 Å². The number of nitro benzene ring substituents is 1. The predicted octanol–water partition coefficient (Wildman–Crippen LogP) is 3.95. The van der Waals surface area contributed by atoms with Crippen LogP contribution in [0.2, 0.25) is 0 Å². The molecule has 0 spiro atoms. The Morgan fingerprint density at radius 3 is 2.33 bits per heavy atom. The van der Waals surface area contributed by atoms with E-state index in [1.807, 2.05) is 0 Å². The standard InChI is InChI=1S/C17H14N2O5/c1-22-13-9-14-17(16(10-13)23-2)15(7-8-18-14)24-12-5-3-11(4-6-12)19(20)21/h3-10H,1-2H3. The maximum absolute atomic E-state index is 10.7. The van der Waals surface area contributed by atoms with Crippen molar-refractivity contribution in [1.29, 1.82) is 0 Å². The number of hydrogen-bond acceptors (Lipinski definition) is 6. The van der Waals surface area contributed by atoms with Gasteiger partial charge in [-0.3, -0.25) is 15.1 Å². The number of hydrogen-bond donors (Lipinski definition) is 0. The Morgan fingerprint density at radius 1 is 0.958 bits per heavy atom. The van der Waals surface area contributed by atoms with E-state index in [0.717, 1.165) is 0 Å². The number of ether oxygens (including phenoxy) is 3. The van der Waals surface area contributed by atoms with E-state index < -0.39 is 4.92 Å². The van der Waals surface area contributed by atoms with Gasteiger partial charge in [-0.25, -0.2) is 0 Å². The first kappa shape index (κ1) is 15.5. The third-order valence-electron chi connectivity index (χ3n) is 3.47. The lowest BCUT2D eigenvalue weighted by molar-refractivity contribution is -0.384. The van der Waals surface area contributed by atoms with E-state index in [-0.39, 0.29) is 5.69 Å². The fourth-order valence-corrected chi connectivity index (χ4v) is 2.32. The van der Waals surface area contributed by atoms with Crippen molar-refractivity contribution in [3.8, 4) is 23.0 Å². The van der Waals surface area contributed by atoms with Gasteiger partial charge in [-0.2, -0.15) is 0 Å².